The van der Waals surface area contributed by atoms with Gasteiger partial charge in [0.1, 0.15) is 16.5 Å². The Balaban J connectivity index is 2.28. The summed E-state index contributed by atoms with van der Waals surface area (Å²) in [4.78, 5) is -0.687. The Morgan fingerprint density at radius 3 is 2.57 bits per heavy atom. The van der Waals surface area contributed by atoms with Gasteiger partial charge in [-0.1, -0.05) is 12.8 Å². The number of aliphatic hydroxyl groups is 1. The summed E-state index contributed by atoms with van der Waals surface area (Å²) in [6.07, 6.45) is 3.07. The number of halogens is 2. The van der Waals surface area contributed by atoms with Crippen LogP contribution in [0.5, 0.6) is 0 Å². The Bertz CT molecular complexity index is 619. The van der Waals surface area contributed by atoms with E-state index in [4.69, 9.17) is 0 Å². The second kappa shape index (κ2) is 6.37. The number of nitrogens with one attached hydrogen (secondary N) is 1. The van der Waals surface area contributed by atoms with Gasteiger partial charge in [-0.05, 0) is 43.4 Å². The van der Waals surface area contributed by atoms with Gasteiger partial charge in [-0.15, -0.1) is 0 Å². The maximum atomic E-state index is 13.8. The third-order valence-corrected chi connectivity index (χ3v) is 5.46. The molecule has 0 aromatic heterocycles. The Morgan fingerprint density at radius 1 is 1.24 bits per heavy atom. The van der Waals surface area contributed by atoms with Crippen LogP contribution in [0.1, 0.15) is 31.2 Å². The highest BCUT2D eigenvalue weighted by atomic mass is 32.2. The minimum absolute atomic E-state index is 0.0531. The van der Waals surface area contributed by atoms with Crippen LogP contribution < -0.4 is 4.72 Å². The van der Waals surface area contributed by atoms with E-state index in [2.05, 4.69) is 4.72 Å². The molecule has 118 valence electrons. The lowest BCUT2D eigenvalue weighted by Gasteiger charge is -2.30. The smallest absolute Gasteiger partial charge is 0.243 e. The van der Waals surface area contributed by atoms with E-state index >= 15 is 0 Å². The van der Waals surface area contributed by atoms with Crippen LogP contribution in [0.4, 0.5) is 8.78 Å². The van der Waals surface area contributed by atoms with Crippen molar-refractivity contribution in [2.45, 2.75) is 43.5 Å². The molecule has 0 bridgehead atoms. The zero-order valence-electron chi connectivity index (χ0n) is 11.8. The molecule has 1 aromatic carbocycles. The summed E-state index contributed by atoms with van der Waals surface area (Å²) >= 11 is 0. The van der Waals surface area contributed by atoms with Gasteiger partial charge in [0.2, 0.25) is 10.0 Å². The Labute approximate surface area is 123 Å². The first-order chi connectivity index (χ1) is 9.85. The number of aliphatic hydroxyl groups excluding tert-OH is 1. The van der Waals surface area contributed by atoms with Crippen molar-refractivity contribution >= 4 is 10.0 Å². The average molecular weight is 319 g/mol. The van der Waals surface area contributed by atoms with Gasteiger partial charge in [-0.2, -0.15) is 0 Å². The molecule has 4 nitrogen and oxygen atoms in total. The topological polar surface area (TPSA) is 66.4 Å². The molecule has 0 aliphatic heterocycles. The molecule has 1 saturated carbocycles. The predicted octanol–water partition coefficient (Wildman–Crippen LogP) is 2.10. The summed E-state index contributed by atoms with van der Waals surface area (Å²) in [6, 6.07) is 1.12. The van der Waals surface area contributed by atoms with Crippen molar-refractivity contribution in [3.05, 3.63) is 29.3 Å². The first-order valence-electron chi connectivity index (χ1n) is 6.94. The Hall–Kier alpha value is -1.05. The average Bonchev–Trinajstić information content (AvgIpc) is 2.43. The molecule has 7 heteroatoms. The van der Waals surface area contributed by atoms with Crippen LogP contribution in [0.25, 0.3) is 0 Å². The molecule has 1 aromatic rings. The quantitative estimate of drug-likeness (QED) is 0.893. The van der Waals surface area contributed by atoms with E-state index in [1.165, 1.54) is 6.92 Å². The standard InChI is InChI=1S/C14H19F2NO3S/c1-9-6-12(16)14(7-11(9)15)21(19,20)17-13-5-3-2-4-10(13)8-18/h6-7,10,13,17-18H,2-5,8H2,1H3. The summed E-state index contributed by atoms with van der Waals surface area (Å²) in [5.74, 6) is -1.93. The number of hydrogen-bond donors (Lipinski definition) is 2. The first kappa shape index (κ1) is 16.3. The molecule has 0 heterocycles. The van der Waals surface area contributed by atoms with Gasteiger partial charge >= 0.3 is 0 Å². The molecule has 21 heavy (non-hydrogen) atoms. The molecule has 2 atom stereocenters. The fourth-order valence-electron chi connectivity index (χ4n) is 2.68. The summed E-state index contributed by atoms with van der Waals surface area (Å²) < 4.78 is 54.2. The van der Waals surface area contributed by atoms with Gasteiger partial charge in [0.05, 0.1) is 0 Å². The van der Waals surface area contributed by atoms with Crippen molar-refractivity contribution in [3.8, 4) is 0 Å². The maximum Gasteiger partial charge on any atom is 0.243 e. The third kappa shape index (κ3) is 3.59. The maximum absolute atomic E-state index is 13.8. The number of sulfonamides is 1. The highest BCUT2D eigenvalue weighted by molar-refractivity contribution is 7.89. The molecule has 0 radical (unpaired) electrons. The zero-order chi connectivity index (χ0) is 15.6. The highest BCUT2D eigenvalue weighted by Crippen LogP contribution is 2.26. The van der Waals surface area contributed by atoms with E-state index in [-0.39, 0.29) is 18.1 Å². The number of hydrogen-bond acceptors (Lipinski definition) is 3. The molecule has 1 aliphatic rings. The highest BCUT2D eigenvalue weighted by Gasteiger charge is 2.30. The monoisotopic (exact) mass is 319 g/mol. The van der Waals surface area contributed by atoms with Gasteiger partial charge in [0.15, 0.2) is 0 Å². The van der Waals surface area contributed by atoms with Gasteiger partial charge in [0.25, 0.3) is 0 Å². The molecular formula is C14H19F2NO3S. The molecule has 2 N–H and O–H groups in total. The van der Waals surface area contributed by atoms with Crippen LogP contribution in [0, 0.1) is 24.5 Å². The van der Waals surface area contributed by atoms with E-state index in [1.54, 1.807) is 0 Å². The van der Waals surface area contributed by atoms with Crippen molar-refractivity contribution < 1.29 is 22.3 Å². The molecule has 0 saturated heterocycles. The number of aryl methyl sites for hydroxylation is 1. The fraction of sp³-hybridized carbons (Fsp3) is 0.571. The summed E-state index contributed by atoms with van der Waals surface area (Å²) in [6.45, 7) is 1.24. The van der Waals surface area contributed by atoms with E-state index in [0.29, 0.717) is 18.9 Å². The molecule has 1 fully saturated rings. The largest absolute Gasteiger partial charge is 0.396 e. The van der Waals surface area contributed by atoms with Crippen LogP contribution in [0.2, 0.25) is 0 Å². The molecule has 2 rings (SSSR count). The van der Waals surface area contributed by atoms with Gasteiger partial charge in [0, 0.05) is 12.6 Å². The van der Waals surface area contributed by atoms with E-state index in [1.807, 2.05) is 0 Å². The fourth-order valence-corrected chi connectivity index (χ4v) is 4.09. The minimum Gasteiger partial charge on any atom is -0.396 e. The van der Waals surface area contributed by atoms with Crippen molar-refractivity contribution in [1.82, 2.24) is 4.72 Å². The lowest BCUT2D eigenvalue weighted by atomic mass is 9.86. The van der Waals surface area contributed by atoms with E-state index < -0.39 is 32.6 Å². The molecule has 2 unspecified atom stereocenters. The van der Waals surface area contributed by atoms with Crippen LogP contribution in [0.15, 0.2) is 17.0 Å². The molecular weight excluding hydrogens is 300 g/mol. The number of benzene rings is 1. The summed E-state index contributed by atoms with van der Waals surface area (Å²) in [5, 5.41) is 9.30. The van der Waals surface area contributed by atoms with Gasteiger partial charge < -0.3 is 5.11 Å². The lowest BCUT2D eigenvalue weighted by Crippen LogP contribution is -2.43. The van der Waals surface area contributed by atoms with Gasteiger partial charge in [-0.25, -0.2) is 21.9 Å². The van der Waals surface area contributed by atoms with Crippen LogP contribution in [-0.2, 0) is 10.0 Å². The minimum atomic E-state index is -4.15. The van der Waals surface area contributed by atoms with Crippen molar-refractivity contribution in [3.63, 3.8) is 0 Å². The van der Waals surface area contributed by atoms with E-state index in [0.717, 1.165) is 18.9 Å². The van der Waals surface area contributed by atoms with Crippen molar-refractivity contribution in [1.29, 1.82) is 0 Å². The Morgan fingerprint density at radius 2 is 1.90 bits per heavy atom. The molecule has 0 spiro atoms. The SMILES string of the molecule is Cc1cc(F)c(S(=O)(=O)NC2CCCCC2CO)cc1F. The third-order valence-electron chi connectivity index (χ3n) is 3.95. The first-order valence-corrected chi connectivity index (χ1v) is 8.42. The van der Waals surface area contributed by atoms with Crippen LogP contribution in [0.3, 0.4) is 0 Å². The molecule has 0 amide bonds. The Kier molecular flexibility index (Phi) is 4.95. The predicted molar refractivity (Wildman–Crippen MR) is 74.2 cm³/mol. The summed E-state index contributed by atoms with van der Waals surface area (Å²) in [5.41, 5.74) is 0.0531. The second-order valence-electron chi connectivity index (χ2n) is 5.49. The van der Waals surface area contributed by atoms with Crippen molar-refractivity contribution in [2.24, 2.45) is 5.92 Å². The van der Waals surface area contributed by atoms with Crippen LogP contribution in [-0.4, -0.2) is 26.2 Å². The van der Waals surface area contributed by atoms with Gasteiger partial charge in [-0.3, -0.25) is 0 Å². The molecule has 1 aliphatic carbocycles. The van der Waals surface area contributed by atoms with Crippen LogP contribution >= 0.6 is 0 Å². The number of rotatable bonds is 4. The van der Waals surface area contributed by atoms with E-state index in [9.17, 15) is 22.3 Å². The zero-order valence-corrected chi connectivity index (χ0v) is 12.6. The normalized spacial score (nSPS) is 23.2. The second-order valence-corrected chi connectivity index (χ2v) is 7.17. The lowest BCUT2D eigenvalue weighted by molar-refractivity contribution is 0.164. The summed E-state index contributed by atoms with van der Waals surface area (Å²) in [7, 11) is -4.15. The van der Waals surface area contributed by atoms with Crippen molar-refractivity contribution in [2.75, 3.05) is 6.61 Å².